The summed E-state index contributed by atoms with van der Waals surface area (Å²) in [6.45, 7) is 10.3. The number of hydrogen-bond donors (Lipinski definition) is 2. The smallest absolute Gasteiger partial charge is 0.294 e. The Balaban J connectivity index is 0.00000151. The maximum Gasteiger partial charge on any atom is 0.294 e. The van der Waals surface area contributed by atoms with Crippen LogP contribution in [0.4, 0.5) is 0 Å². The fourth-order valence-corrected chi connectivity index (χ4v) is 5.86. The van der Waals surface area contributed by atoms with E-state index in [1.807, 2.05) is 34.6 Å². The molecule has 2 atom stereocenters. The molecule has 0 saturated carbocycles. The van der Waals surface area contributed by atoms with Crippen LogP contribution in [0.25, 0.3) is 0 Å². The number of hydrogen-bond acceptors (Lipinski definition) is 11. The molecule has 0 radical (unpaired) electrons. The van der Waals surface area contributed by atoms with E-state index in [1.54, 1.807) is 0 Å². The summed E-state index contributed by atoms with van der Waals surface area (Å²) >= 11 is 4.61. The summed E-state index contributed by atoms with van der Waals surface area (Å²) in [5, 5.41) is 18.8. The average molecular weight is 496 g/mol. The first kappa shape index (κ1) is 27.5. The van der Waals surface area contributed by atoms with Crippen molar-refractivity contribution in [1.29, 1.82) is 0 Å². The Bertz CT molecular complexity index is 758. The minimum Gasteiger partial charge on any atom is -0.486 e. The molecule has 2 rings (SSSR count). The Morgan fingerprint density at radius 3 is 2.35 bits per heavy atom. The summed E-state index contributed by atoms with van der Waals surface area (Å²) in [6.07, 6.45) is -0.276. The van der Waals surface area contributed by atoms with Crippen LogP contribution >= 0.6 is 34.2 Å². The Labute approximate surface area is 195 Å². The van der Waals surface area contributed by atoms with E-state index in [0.29, 0.717) is 5.75 Å². The van der Waals surface area contributed by atoms with E-state index < -0.39 is 28.5 Å². The first-order valence-corrected chi connectivity index (χ1v) is 12.4. The Kier molecular flexibility index (Phi) is 11.0. The molecule has 0 amide bonds. The van der Waals surface area contributed by atoms with Gasteiger partial charge in [-0.2, -0.15) is 0 Å². The SMILES string of the molecule is CCN.Cc1c(C)c2c(c(C)c1S)CC(C)(CSSCC(CO[N+](=O)[O-])O[N+](=O)[O-])O2. The molecule has 1 aromatic rings. The second kappa shape index (κ2) is 12.5. The molecule has 13 heteroatoms. The molecule has 2 N–H and O–H groups in total. The van der Waals surface area contributed by atoms with Gasteiger partial charge in [0.1, 0.15) is 24.1 Å². The summed E-state index contributed by atoms with van der Waals surface area (Å²) < 4.78 is 6.27. The minimum absolute atomic E-state index is 0.167. The van der Waals surface area contributed by atoms with Crippen molar-refractivity contribution in [3.63, 3.8) is 0 Å². The van der Waals surface area contributed by atoms with E-state index in [2.05, 4.69) is 22.3 Å². The van der Waals surface area contributed by atoms with E-state index in [4.69, 9.17) is 10.5 Å². The zero-order chi connectivity index (χ0) is 23.8. The van der Waals surface area contributed by atoms with E-state index in [9.17, 15) is 20.2 Å². The molecule has 0 aromatic heterocycles. The Hall–Kier alpha value is -1.57. The molecule has 2 unspecified atom stereocenters. The van der Waals surface area contributed by atoms with Gasteiger partial charge in [0.15, 0.2) is 0 Å². The highest BCUT2D eigenvalue weighted by Gasteiger charge is 2.38. The van der Waals surface area contributed by atoms with Gasteiger partial charge >= 0.3 is 0 Å². The van der Waals surface area contributed by atoms with Crippen molar-refractivity contribution in [2.45, 2.75) is 57.6 Å². The predicted octanol–water partition coefficient (Wildman–Crippen LogP) is 3.73. The van der Waals surface area contributed by atoms with E-state index in [-0.39, 0.29) is 5.75 Å². The van der Waals surface area contributed by atoms with E-state index in [0.717, 1.165) is 45.9 Å². The van der Waals surface area contributed by atoms with Crippen molar-refractivity contribution in [1.82, 2.24) is 0 Å². The van der Waals surface area contributed by atoms with Gasteiger partial charge in [-0.15, -0.1) is 32.9 Å². The first-order chi connectivity index (χ1) is 14.5. The summed E-state index contributed by atoms with van der Waals surface area (Å²) in [7, 11) is 2.80. The molecule has 176 valence electrons. The maximum absolute atomic E-state index is 10.5. The number of thiol groups is 1. The van der Waals surface area contributed by atoms with Crippen LogP contribution in [0.1, 0.15) is 36.1 Å². The second-order valence-corrected chi connectivity index (χ2v) is 10.1. The molecule has 31 heavy (non-hydrogen) atoms. The third-order valence-corrected chi connectivity index (χ3v) is 7.88. The highest BCUT2D eigenvalue weighted by molar-refractivity contribution is 8.76. The van der Waals surface area contributed by atoms with Crippen LogP contribution in [0.15, 0.2) is 4.90 Å². The third-order valence-electron chi connectivity index (χ3n) is 4.54. The minimum atomic E-state index is -1.02. The molecule has 0 saturated heterocycles. The van der Waals surface area contributed by atoms with Crippen molar-refractivity contribution in [3.05, 3.63) is 42.5 Å². The standard InChI is InChI=1S/C16H22N2O7S3.C2H7N/c1-9-10(2)15(26)11(3)13-5-16(4,24-14(9)13)8-28-27-7-12(25-18(21)22)6-23-17(19)20;1-2-3/h12,26H,5-8H2,1-4H3;2-3H2,1H3. The molecule has 0 fully saturated rings. The lowest BCUT2D eigenvalue weighted by Crippen LogP contribution is -2.33. The highest BCUT2D eigenvalue weighted by atomic mass is 33.1. The molecule has 0 aliphatic carbocycles. The molecule has 1 aliphatic rings. The Morgan fingerprint density at radius 1 is 1.19 bits per heavy atom. The zero-order valence-corrected chi connectivity index (χ0v) is 20.7. The lowest BCUT2D eigenvalue weighted by atomic mass is 9.94. The number of benzene rings is 1. The van der Waals surface area contributed by atoms with Crippen LogP contribution in [-0.4, -0.2) is 46.5 Å². The monoisotopic (exact) mass is 495 g/mol. The number of rotatable bonds is 10. The van der Waals surface area contributed by atoms with Gasteiger partial charge in [-0.1, -0.05) is 28.5 Å². The number of ether oxygens (including phenoxy) is 1. The van der Waals surface area contributed by atoms with Gasteiger partial charge in [0.25, 0.3) is 10.2 Å². The van der Waals surface area contributed by atoms with Gasteiger partial charge < -0.3 is 20.1 Å². The lowest BCUT2D eigenvalue weighted by molar-refractivity contribution is -0.788. The summed E-state index contributed by atoms with van der Waals surface area (Å²) in [4.78, 5) is 30.4. The van der Waals surface area contributed by atoms with Crippen LogP contribution in [0.5, 0.6) is 5.75 Å². The lowest BCUT2D eigenvalue weighted by Gasteiger charge is -2.24. The first-order valence-electron chi connectivity index (χ1n) is 9.49. The van der Waals surface area contributed by atoms with Gasteiger partial charge in [-0.05, 0) is 50.9 Å². The predicted molar refractivity (Wildman–Crippen MR) is 125 cm³/mol. The van der Waals surface area contributed by atoms with Crippen molar-refractivity contribution >= 4 is 34.2 Å². The van der Waals surface area contributed by atoms with Gasteiger partial charge in [-0.3, -0.25) is 0 Å². The number of fused-ring (bicyclic) bond motifs is 1. The molecule has 0 spiro atoms. The van der Waals surface area contributed by atoms with Crippen LogP contribution in [0.3, 0.4) is 0 Å². The normalized spacial score (nSPS) is 17.6. The van der Waals surface area contributed by atoms with Gasteiger partial charge in [0, 0.05) is 28.4 Å². The summed E-state index contributed by atoms with van der Waals surface area (Å²) in [5.74, 6) is 1.71. The Morgan fingerprint density at radius 2 is 1.81 bits per heavy atom. The van der Waals surface area contributed by atoms with E-state index >= 15 is 0 Å². The van der Waals surface area contributed by atoms with Crippen molar-refractivity contribution in [2.24, 2.45) is 5.73 Å². The molecular weight excluding hydrogens is 466 g/mol. The summed E-state index contributed by atoms with van der Waals surface area (Å²) in [6, 6.07) is 0. The molecule has 1 aromatic carbocycles. The largest absolute Gasteiger partial charge is 0.486 e. The van der Waals surface area contributed by atoms with E-state index in [1.165, 1.54) is 21.6 Å². The maximum atomic E-state index is 10.5. The van der Waals surface area contributed by atoms with Crippen molar-refractivity contribution in [3.8, 4) is 5.75 Å². The fourth-order valence-electron chi connectivity index (χ4n) is 2.92. The highest BCUT2D eigenvalue weighted by Crippen LogP contribution is 2.45. The number of nitrogens with zero attached hydrogens (tertiary/aromatic N) is 2. The second-order valence-electron chi connectivity index (χ2n) is 7.19. The van der Waals surface area contributed by atoms with Crippen LogP contribution in [0.2, 0.25) is 0 Å². The third kappa shape index (κ3) is 8.13. The molecular formula is C18H29N3O7S3. The zero-order valence-electron chi connectivity index (χ0n) is 18.2. The quantitative estimate of drug-likeness (QED) is 0.162. The molecule has 10 nitrogen and oxygen atoms in total. The molecule has 0 bridgehead atoms. The van der Waals surface area contributed by atoms with Crippen LogP contribution < -0.4 is 10.5 Å². The number of nitrogens with two attached hydrogens (primary N) is 1. The van der Waals surface area contributed by atoms with Crippen molar-refractivity contribution < 1.29 is 24.6 Å². The van der Waals surface area contributed by atoms with Gasteiger partial charge in [-0.25, -0.2) is 0 Å². The van der Waals surface area contributed by atoms with Gasteiger partial charge in [0.05, 0.1) is 0 Å². The van der Waals surface area contributed by atoms with Crippen LogP contribution in [0, 0.1) is 41.0 Å². The molecule has 1 heterocycles. The van der Waals surface area contributed by atoms with Crippen LogP contribution in [-0.2, 0) is 16.1 Å². The topological polar surface area (TPSA) is 140 Å². The van der Waals surface area contributed by atoms with Gasteiger partial charge in [0.2, 0.25) is 0 Å². The fraction of sp³-hybridized carbons (Fsp3) is 0.667. The van der Waals surface area contributed by atoms with Crippen molar-refractivity contribution in [2.75, 3.05) is 24.7 Å². The summed E-state index contributed by atoms with van der Waals surface area (Å²) in [5.41, 5.74) is 8.91. The molecule has 1 aliphatic heterocycles. The average Bonchev–Trinajstić information content (AvgIpc) is 3.04.